The number of carbonyl (C=O) groups is 1. The fraction of sp³-hybridized carbons (Fsp3) is 0.188. The third kappa shape index (κ3) is 3.58. The molecule has 0 saturated carbocycles. The molecule has 2 N–H and O–H groups in total. The number of hydrazine groups is 1. The molecule has 19 heavy (non-hydrogen) atoms. The molecule has 3 nitrogen and oxygen atoms in total. The quantitative estimate of drug-likeness (QED) is 0.819. The number of carbonyl (C=O) groups excluding carboxylic acids is 1. The number of hydrogen-bond acceptors (Lipinski definition) is 2. The summed E-state index contributed by atoms with van der Waals surface area (Å²) in [6.07, 6.45) is 0. The van der Waals surface area contributed by atoms with Crippen LogP contribution in [0, 0.1) is 0 Å². The van der Waals surface area contributed by atoms with Gasteiger partial charge in [0.1, 0.15) is 0 Å². The summed E-state index contributed by atoms with van der Waals surface area (Å²) >= 11 is 0. The first-order chi connectivity index (χ1) is 9.16. The molecule has 2 rings (SSSR count). The molecule has 2 aromatic rings. The summed E-state index contributed by atoms with van der Waals surface area (Å²) < 4.78 is 0. The molecule has 0 fully saturated rings. The first-order valence-electron chi connectivity index (χ1n) is 6.38. The van der Waals surface area contributed by atoms with Crippen molar-refractivity contribution < 1.29 is 4.79 Å². The predicted molar refractivity (Wildman–Crippen MR) is 78.1 cm³/mol. The second-order valence-electron chi connectivity index (χ2n) is 4.72. The SMILES string of the molecule is CC(C)c1ccc(C(=O)NNc2ccccc2)cc1. The highest BCUT2D eigenvalue weighted by Gasteiger charge is 2.05. The number of hydrogen-bond donors (Lipinski definition) is 2. The Morgan fingerprint density at radius 3 is 2.16 bits per heavy atom. The summed E-state index contributed by atoms with van der Waals surface area (Å²) in [6.45, 7) is 4.26. The fourth-order valence-electron chi connectivity index (χ4n) is 1.74. The van der Waals surface area contributed by atoms with Crippen LogP contribution in [0.5, 0.6) is 0 Å². The van der Waals surface area contributed by atoms with Gasteiger partial charge < -0.3 is 0 Å². The maximum Gasteiger partial charge on any atom is 0.269 e. The van der Waals surface area contributed by atoms with Crippen molar-refractivity contribution >= 4 is 11.6 Å². The Kier molecular flexibility index (Phi) is 4.18. The summed E-state index contributed by atoms with van der Waals surface area (Å²) in [4.78, 5) is 11.9. The van der Waals surface area contributed by atoms with E-state index in [0.717, 1.165) is 5.69 Å². The van der Waals surface area contributed by atoms with Gasteiger partial charge in [0.2, 0.25) is 0 Å². The molecule has 0 spiro atoms. The Bertz CT molecular complexity index is 532. The average molecular weight is 254 g/mol. The lowest BCUT2D eigenvalue weighted by Crippen LogP contribution is -2.29. The third-order valence-corrected chi connectivity index (χ3v) is 2.93. The molecule has 2 aromatic carbocycles. The molecule has 0 saturated heterocycles. The second kappa shape index (κ2) is 6.05. The molecule has 0 aliphatic heterocycles. The van der Waals surface area contributed by atoms with E-state index in [2.05, 4.69) is 24.7 Å². The van der Waals surface area contributed by atoms with Crippen molar-refractivity contribution in [2.45, 2.75) is 19.8 Å². The lowest BCUT2D eigenvalue weighted by Gasteiger charge is -2.09. The minimum atomic E-state index is -0.140. The Morgan fingerprint density at radius 2 is 1.58 bits per heavy atom. The normalized spacial score (nSPS) is 10.3. The molecule has 3 heteroatoms. The summed E-state index contributed by atoms with van der Waals surface area (Å²) in [5.74, 6) is 0.332. The molecule has 0 bridgehead atoms. The molecule has 0 heterocycles. The highest BCUT2D eigenvalue weighted by Crippen LogP contribution is 2.14. The molecular formula is C16H18N2O. The molecule has 0 aliphatic rings. The monoisotopic (exact) mass is 254 g/mol. The molecule has 0 atom stereocenters. The number of nitrogens with one attached hydrogen (secondary N) is 2. The van der Waals surface area contributed by atoms with Crippen LogP contribution in [-0.4, -0.2) is 5.91 Å². The number of para-hydroxylation sites is 1. The highest BCUT2D eigenvalue weighted by atomic mass is 16.2. The molecular weight excluding hydrogens is 236 g/mol. The van der Waals surface area contributed by atoms with Crippen LogP contribution >= 0.6 is 0 Å². The topological polar surface area (TPSA) is 41.1 Å². The van der Waals surface area contributed by atoms with Crippen molar-refractivity contribution in [3.05, 3.63) is 65.7 Å². The molecule has 0 radical (unpaired) electrons. The average Bonchev–Trinajstić information content (AvgIpc) is 2.46. The molecule has 0 unspecified atom stereocenters. The minimum absolute atomic E-state index is 0.140. The van der Waals surface area contributed by atoms with Crippen molar-refractivity contribution in [2.75, 3.05) is 5.43 Å². The fourth-order valence-corrected chi connectivity index (χ4v) is 1.74. The van der Waals surface area contributed by atoms with Crippen molar-refractivity contribution in [3.63, 3.8) is 0 Å². The van der Waals surface area contributed by atoms with E-state index < -0.39 is 0 Å². The molecule has 98 valence electrons. The van der Waals surface area contributed by atoms with E-state index in [1.54, 1.807) is 0 Å². The smallest absolute Gasteiger partial charge is 0.269 e. The van der Waals surface area contributed by atoms with E-state index in [1.165, 1.54) is 5.56 Å². The number of anilines is 1. The summed E-state index contributed by atoms with van der Waals surface area (Å²) in [6, 6.07) is 17.2. The predicted octanol–water partition coefficient (Wildman–Crippen LogP) is 3.57. The summed E-state index contributed by atoms with van der Waals surface area (Å²) in [7, 11) is 0. The van der Waals surface area contributed by atoms with Crippen LogP contribution in [0.25, 0.3) is 0 Å². The van der Waals surface area contributed by atoms with E-state index in [-0.39, 0.29) is 5.91 Å². The summed E-state index contributed by atoms with van der Waals surface area (Å²) in [5.41, 5.74) is 8.29. The van der Waals surface area contributed by atoms with Gasteiger partial charge in [-0.1, -0.05) is 44.2 Å². The molecule has 0 aromatic heterocycles. The first kappa shape index (κ1) is 13.1. The Hall–Kier alpha value is -2.29. The third-order valence-electron chi connectivity index (χ3n) is 2.93. The van der Waals surface area contributed by atoms with Crippen molar-refractivity contribution in [2.24, 2.45) is 0 Å². The zero-order chi connectivity index (χ0) is 13.7. The van der Waals surface area contributed by atoms with Crippen LogP contribution in [0.3, 0.4) is 0 Å². The van der Waals surface area contributed by atoms with Gasteiger partial charge in [-0.2, -0.15) is 0 Å². The standard InChI is InChI=1S/C16H18N2O/c1-12(2)13-8-10-14(11-9-13)16(19)18-17-15-6-4-3-5-7-15/h3-12,17H,1-2H3,(H,18,19). The van der Waals surface area contributed by atoms with Gasteiger partial charge in [0.15, 0.2) is 0 Å². The van der Waals surface area contributed by atoms with E-state index in [1.807, 2.05) is 54.6 Å². The van der Waals surface area contributed by atoms with Crippen LogP contribution in [-0.2, 0) is 0 Å². The van der Waals surface area contributed by atoms with E-state index in [9.17, 15) is 4.79 Å². The van der Waals surface area contributed by atoms with E-state index >= 15 is 0 Å². The number of amides is 1. The van der Waals surface area contributed by atoms with Crippen molar-refractivity contribution in [3.8, 4) is 0 Å². The molecule has 1 amide bonds. The first-order valence-corrected chi connectivity index (χ1v) is 6.38. The van der Waals surface area contributed by atoms with Crippen LogP contribution in [0.1, 0.15) is 35.7 Å². The lowest BCUT2D eigenvalue weighted by molar-refractivity contribution is 0.0962. The Labute approximate surface area is 113 Å². The summed E-state index contributed by atoms with van der Waals surface area (Å²) in [5, 5.41) is 0. The largest absolute Gasteiger partial charge is 0.298 e. The number of benzene rings is 2. The second-order valence-corrected chi connectivity index (χ2v) is 4.72. The maximum atomic E-state index is 11.9. The van der Waals surface area contributed by atoms with E-state index in [0.29, 0.717) is 11.5 Å². The van der Waals surface area contributed by atoms with Gasteiger partial charge in [-0.25, -0.2) is 0 Å². The van der Waals surface area contributed by atoms with Crippen LogP contribution in [0.2, 0.25) is 0 Å². The lowest BCUT2D eigenvalue weighted by atomic mass is 10.0. The van der Waals surface area contributed by atoms with Gasteiger partial charge in [-0.3, -0.25) is 15.6 Å². The van der Waals surface area contributed by atoms with Gasteiger partial charge >= 0.3 is 0 Å². The number of rotatable bonds is 4. The van der Waals surface area contributed by atoms with Crippen LogP contribution in [0.15, 0.2) is 54.6 Å². The van der Waals surface area contributed by atoms with Gasteiger partial charge in [-0.05, 0) is 35.7 Å². The maximum absolute atomic E-state index is 11.9. The van der Waals surface area contributed by atoms with Crippen molar-refractivity contribution in [1.82, 2.24) is 5.43 Å². The molecule has 0 aliphatic carbocycles. The Balaban J connectivity index is 1.96. The minimum Gasteiger partial charge on any atom is -0.298 e. The van der Waals surface area contributed by atoms with Gasteiger partial charge in [0.05, 0.1) is 5.69 Å². The zero-order valence-electron chi connectivity index (χ0n) is 11.2. The van der Waals surface area contributed by atoms with E-state index in [4.69, 9.17) is 0 Å². The zero-order valence-corrected chi connectivity index (χ0v) is 11.2. The highest BCUT2D eigenvalue weighted by molar-refractivity contribution is 5.94. The van der Waals surface area contributed by atoms with Gasteiger partial charge in [0.25, 0.3) is 5.91 Å². The van der Waals surface area contributed by atoms with Gasteiger partial charge in [0, 0.05) is 5.56 Å². The van der Waals surface area contributed by atoms with Gasteiger partial charge in [-0.15, -0.1) is 0 Å². The van der Waals surface area contributed by atoms with Crippen molar-refractivity contribution in [1.29, 1.82) is 0 Å². The Morgan fingerprint density at radius 1 is 0.947 bits per heavy atom. The van der Waals surface area contributed by atoms with Crippen LogP contribution < -0.4 is 10.9 Å². The van der Waals surface area contributed by atoms with Crippen LogP contribution in [0.4, 0.5) is 5.69 Å².